The van der Waals surface area contributed by atoms with Crippen LogP contribution >= 0.6 is 0 Å². The first-order valence-corrected chi connectivity index (χ1v) is 7.79. The summed E-state index contributed by atoms with van der Waals surface area (Å²) in [4.78, 5) is 10.1. The van der Waals surface area contributed by atoms with Crippen LogP contribution in [0.15, 0.2) is 48.5 Å². The Morgan fingerprint density at radius 3 is 2.09 bits per heavy atom. The Morgan fingerprint density at radius 1 is 1.00 bits per heavy atom. The van der Waals surface area contributed by atoms with E-state index in [4.69, 9.17) is 8.92 Å². The molecule has 0 saturated heterocycles. The average molecular weight is 338 g/mol. The maximum Gasteiger partial charge on any atom is 0.384 e. The number of rotatable bonds is 6. The van der Waals surface area contributed by atoms with Crippen molar-refractivity contribution in [3.8, 4) is 17.2 Å². The van der Waals surface area contributed by atoms with Crippen molar-refractivity contribution in [2.75, 3.05) is 14.1 Å². The number of hydrogen-bond acceptors (Lipinski definition) is 6. The summed E-state index contributed by atoms with van der Waals surface area (Å²) >= 11 is 0. The molecule has 0 aliphatic carbocycles. The number of hydrogen-bond donors (Lipinski definition) is 0. The molecule has 0 amide bonds. The topological polar surface area (TPSA) is 99.0 Å². The van der Waals surface area contributed by atoms with E-state index < -0.39 is 15.2 Å². The van der Waals surface area contributed by atoms with Gasteiger partial charge in [-0.05, 0) is 24.3 Å². The van der Waals surface area contributed by atoms with E-state index in [1.165, 1.54) is 50.5 Å². The van der Waals surface area contributed by atoms with Crippen molar-refractivity contribution in [2.24, 2.45) is 0 Å². The van der Waals surface area contributed by atoms with E-state index in [2.05, 4.69) is 0 Å². The first kappa shape index (κ1) is 16.7. The second-order valence-corrected chi connectivity index (χ2v) is 6.38. The zero-order valence-electron chi connectivity index (χ0n) is 12.4. The Balaban J connectivity index is 2.25. The molecule has 9 heteroatoms. The van der Waals surface area contributed by atoms with Crippen molar-refractivity contribution >= 4 is 16.0 Å². The number of nitro benzene ring substituents is 1. The van der Waals surface area contributed by atoms with E-state index in [0.29, 0.717) is 5.75 Å². The van der Waals surface area contributed by atoms with Gasteiger partial charge in [0.05, 0.1) is 4.92 Å². The van der Waals surface area contributed by atoms with Crippen molar-refractivity contribution in [2.45, 2.75) is 0 Å². The average Bonchev–Trinajstić information content (AvgIpc) is 2.49. The highest BCUT2D eigenvalue weighted by Crippen LogP contribution is 2.33. The van der Waals surface area contributed by atoms with Crippen molar-refractivity contribution in [1.29, 1.82) is 0 Å². The first-order chi connectivity index (χ1) is 10.8. The Kier molecular flexibility index (Phi) is 4.82. The van der Waals surface area contributed by atoms with Gasteiger partial charge in [-0.2, -0.15) is 12.7 Å². The molecule has 0 spiro atoms. The molecule has 0 aromatic heterocycles. The van der Waals surface area contributed by atoms with Gasteiger partial charge in [-0.3, -0.25) is 10.1 Å². The monoisotopic (exact) mass is 338 g/mol. The van der Waals surface area contributed by atoms with Crippen molar-refractivity contribution in [3.05, 3.63) is 58.6 Å². The van der Waals surface area contributed by atoms with Crippen LogP contribution in [0.2, 0.25) is 0 Å². The third-order valence-electron chi connectivity index (χ3n) is 2.77. The summed E-state index contributed by atoms with van der Waals surface area (Å²) in [6.07, 6.45) is 0. The molecule has 0 aliphatic rings. The molecule has 23 heavy (non-hydrogen) atoms. The van der Waals surface area contributed by atoms with Gasteiger partial charge in [0, 0.05) is 26.2 Å². The zero-order chi connectivity index (χ0) is 17.0. The molecule has 0 radical (unpaired) electrons. The molecule has 2 aromatic rings. The Bertz CT molecular complexity index is 802. The summed E-state index contributed by atoms with van der Waals surface area (Å²) in [5.41, 5.74) is -0.0722. The smallest absolute Gasteiger partial charge is 0.384 e. The van der Waals surface area contributed by atoms with Gasteiger partial charge in [-0.1, -0.05) is 12.1 Å². The van der Waals surface area contributed by atoms with Gasteiger partial charge in [0.1, 0.15) is 5.75 Å². The van der Waals surface area contributed by atoms with Gasteiger partial charge in [0.2, 0.25) is 0 Å². The van der Waals surface area contributed by atoms with Gasteiger partial charge in [-0.15, -0.1) is 0 Å². The summed E-state index contributed by atoms with van der Waals surface area (Å²) in [6.45, 7) is 0. The van der Waals surface area contributed by atoms with Crippen molar-refractivity contribution < 1.29 is 22.3 Å². The first-order valence-electron chi connectivity index (χ1n) is 6.43. The van der Waals surface area contributed by atoms with Crippen LogP contribution in [0.1, 0.15) is 0 Å². The Morgan fingerprint density at radius 2 is 1.57 bits per heavy atom. The largest absolute Gasteiger partial charge is 0.453 e. The molecule has 2 rings (SSSR count). The molecule has 0 fully saturated rings. The fourth-order valence-electron chi connectivity index (χ4n) is 1.55. The van der Waals surface area contributed by atoms with Crippen LogP contribution in [-0.4, -0.2) is 31.7 Å². The van der Waals surface area contributed by atoms with E-state index in [0.717, 1.165) is 4.31 Å². The van der Waals surface area contributed by atoms with Crippen LogP contribution in [0.25, 0.3) is 0 Å². The van der Waals surface area contributed by atoms with E-state index in [1.54, 1.807) is 12.1 Å². The maximum atomic E-state index is 11.8. The van der Waals surface area contributed by atoms with Crippen LogP contribution < -0.4 is 8.92 Å². The Labute approximate surface area is 133 Å². The van der Waals surface area contributed by atoms with Crippen LogP contribution in [0, 0.1) is 10.1 Å². The van der Waals surface area contributed by atoms with E-state index in [-0.39, 0.29) is 17.2 Å². The number of nitro groups is 1. The predicted octanol–water partition coefficient (Wildman–Crippen LogP) is 2.57. The summed E-state index contributed by atoms with van der Waals surface area (Å²) in [7, 11) is -1.24. The number of non-ortho nitro benzene ring substituents is 1. The van der Waals surface area contributed by atoms with Crippen molar-refractivity contribution in [3.63, 3.8) is 0 Å². The van der Waals surface area contributed by atoms with Gasteiger partial charge in [0.25, 0.3) is 5.69 Å². The third kappa shape index (κ3) is 4.18. The van der Waals surface area contributed by atoms with E-state index in [9.17, 15) is 18.5 Å². The second kappa shape index (κ2) is 6.63. The number of ether oxygens (including phenoxy) is 1. The van der Waals surface area contributed by atoms with Crippen LogP contribution in [0.3, 0.4) is 0 Å². The molecule has 0 heterocycles. The summed E-state index contributed by atoms with van der Waals surface area (Å²) < 4.78 is 35.1. The van der Waals surface area contributed by atoms with Crippen LogP contribution in [0.5, 0.6) is 17.2 Å². The SMILES string of the molecule is CN(C)S(=O)(=O)Oc1ccccc1Oc1ccc([N+](=O)[O-])cc1. The molecular weight excluding hydrogens is 324 g/mol. The maximum absolute atomic E-state index is 11.8. The number of para-hydroxylation sites is 2. The highest BCUT2D eigenvalue weighted by Gasteiger charge is 2.19. The van der Waals surface area contributed by atoms with Crippen LogP contribution in [0.4, 0.5) is 5.69 Å². The minimum Gasteiger partial charge on any atom is -0.453 e. The fourth-order valence-corrected chi connectivity index (χ4v) is 2.07. The lowest BCUT2D eigenvalue weighted by Crippen LogP contribution is -2.27. The highest BCUT2D eigenvalue weighted by molar-refractivity contribution is 7.84. The van der Waals surface area contributed by atoms with Gasteiger partial charge < -0.3 is 8.92 Å². The van der Waals surface area contributed by atoms with Gasteiger partial charge >= 0.3 is 10.3 Å². The van der Waals surface area contributed by atoms with Gasteiger partial charge in [0.15, 0.2) is 11.5 Å². The van der Waals surface area contributed by atoms with E-state index >= 15 is 0 Å². The number of nitrogens with zero attached hydrogens (tertiary/aromatic N) is 2. The lowest BCUT2D eigenvalue weighted by atomic mass is 10.3. The predicted molar refractivity (Wildman–Crippen MR) is 82.8 cm³/mol. The molecule has 0 N–H and O–H groups in total. The van der Waals surface area contributed by atoms with Crippen molar-refractivity contribution in [1.82, 2.24) is 4.31 Å². The summed E-state index contributed by atoms with van der Waals surface area (Å²) in [5, 5.41) is 10.6. The molecular formula is C14H14N2O6S. The fraction of sp³-hybridized carbons (Fsp3) is 0.143. The van der Waals surface area contributed by atoms with Gasteiger partial charge in [-0.25, -0.2) is 0 Å². The highest BCUT2D eigenvalue weighted by atomic mass is 32.2. The lowest BCUT2D eigenvalue weighted by molar-refractivity contribution is -0.384. The lowest BCUT2D eigenvalue weighted by Gasteiger charge is -2.15. The van der Waals surface area contributed by atoms with Crippen LogP contribution in [-0.2, 0) is 10.3 Å². The molecule has 0 saturated carbocycles. The molecule has 0 unspecified atom stereocenters. The number of benzene rings is 2. The molecule has 0 atom stereocenters. The molecule has 122 valence electrons. The zero-order valence-corrected chi connectivity index (χ0v) is 13.2. The molecule has 0 aliphatic heterocycles. The minimum atomic E-state index is -3.92. The molecule has 0 bridgehead atoms. The summed E-state index contributed by atoms with van der Waals surface area (Å²) in [5.74, 6) is 0.500. The third-order valence-corrected chi connectivity index (χ3v) is 4.05. The van der Waals surface area contributed by atoms with E-state index in [1.807, 2.05) is 0 Å². The second-order valence-electron chi connectivity index (χ2n) is 4.62. The Hall–Kier alpha value is -2.65. The molecule has 8 nitrogen and oxygen atoms in total. The standard InChI is InChI=1S/C14H14N2O6S/c1-15(2)23(19,20)22-14-6-4-3-5-13(14)21-12-9-7-11(8-10-12)16(17)18/h3-10H,1-2H3. The summed E-state index contributed by atoms with van der Waals surface area (Å²) in [6, 6.07) is 11.6. The quantitative estimate of drug-likeness (QED) is 0.593. The minimum absolute atomic E-state index is 0.0135. The normalized spacial score (nSPS) is 11.3. The molecule has 2 aromatic carbocycles.